The fourth-order valence-electron chi connectivity index (χ4n) is 2.81. The molecular formula is C16H21N3O2. The van der Waals surface area contributed by atoms with Crippen molar-refractivity contribution in [3.8, 4) is 0 Å². The van der Waals surface area contributed by atoms with Crippen molar-refractivity contribution in [2.24, 2.45) is 5.92 Å². The van der Waals surface area contributed by atoms with Crippen LogP contribution in [0.1, 0.15) is 25.5 Å². The average Bonchev–Trinajstić information content (AvgIpc) is 3.20. The van der Waals surface area contributed by atoms with E-state index in [-0.39, 0.29) is 6.54 Å². The highest BCUT2D eigenvalue weighted by atomic mass is 16.4. The highest BCUT2D eigenvalue weighted by molar-refractivity contribution is 5.82. The number of para-hydroxylation sites is 1. The van der Waals surface area contributed by atoms with Crippen LogP contribution in [0.25, 0.3) is 10.9 Å². The summed E-state index contributed by atoms with van der Waals surface area (Å²) in [5.74, 6) is -0.0984. The first-order valence-electron chi connectivity index (χ1n) is 7.56. The number of hydrogen-bond donors (Lipinski definition) is 1. The Hall–Kier alpha value is -1.88. The molecule has 3 rings (SSSR count). The summed E-state index contributed by atoms with van der Waals surface area (Å²) in [6.45, 7) is 4.45. The summed E-state index contributed by atoms with van der Waals surface area (Å²) in [7, 11) is 0. The molecule has 0 aliphatic heterocycles. The van der Waals surface area contributed by atoms with Gasteiger partial charge in [0.05, 0.1) is 17.8 Å². The number of aromatic nitrogens is 2. The molecule has 0 unspecified atom stereocenters. The standard InChI is InChI=1S/C16H21N3O2/c1-2-19-15-6-4-3-5-13(15)14(17-19)10-18(11-16(20)21)9-12-7-8-12/h3-6,12H,2,7-11H2,1H3,(H,20,21). The Balaban J connectivity index is 1.85. The number of carbonyl (C=O) groups is 1. The van der Waals surface area contributed by atoms with Crippen LogP contribution < -0.4 is 0 Å². The van der Waals surface area contributed by atoms with Crippen LogP contribution in [0.4, 0.5) is 0 Å². The molecular weight excluding hydrogens is 266 g/mol. The predicted octanol–water partition coefficient (Wildman–Crippen LogP) is 2.35. The van der Waals surface area contributed by atoms with Gasteiger partial charge in [-0.1, -0.05) is 18.2 Å². The van der Waals surface area contributed by atoms with Crippen LogP contribution in [0.15, 0.2) is 24.3 Å². The van der Waals surface area contributed by atoms with E-state index in [2.05, 4.69) is 24.2 Å². The van der Waals surface area contributed by atoms with Crippen LogP contribution in [-0.2, 0) is 17.9 Å². The first kappa shape index (κ1) is 14.1. The minimum atomic E-state index is -0.769. The number of aliphatic carboxylic acids is 1. The molecule has 1 aliphatic rings. The lowest BCUT2D eigenvalue weighted by Gasteiger charge is -2.18. The van der Waals surface area contributed by atoms with Gasteiger partial charge < -0.3 is 5.11 Å². The second kappa shape index (κ2) is 5.85. The van der Waals surface area contributed by atoms with Crippen LogP contribution in [0.3, 0.4) is 0 Å². The highest BCUT2D eigenvalue weighted by Gasteiger charge is 2.26. The lowest BCUT2D eigenvalue weighted by molar-refractivity contribution is -0.138. The van der Waals surface area contributed by atoms with E-state index < -0.39 is 5.97 Å². The Bertz CT molecular complexity index is 646. The summed E-state index contributed by atoms with van der Waals surface area (Å²) >= 11 is 0. The second-order valence-corrected chi connectivity index (χ2v) is 5.79. The van der Waals surface area contributed by atoms with E-state index in [1.165, 1.54) is 12.8 Å². The number of rotatable bonds is 7. The molecule has 5 nitrogen and oxygen atoms in total. The fraction of sp³-hybridized carbons (Fsp3) is 0.500. The van der Waals surface area contributed by atoms with E-state index in [4.69, 9.17) is 5.11 Å². The molecule has 21 heavy (non-hydrogen) atoms. The number of carboxylic acids is 1. The zero-order valence-corrected chi connectivity index (χ0v) is 12.3. The fourth-order valence-corrected chi connectivity index (χ4v) is 2.81. The SMILES string of the molecule is CCn1nc(CN(CC(=O)O)CC2CC2)c2ccccc21. The number of carboxylic acid groups (broad SMARTS) is 1. The number of benzene rings is 1. The molecule has 0 saturated heterocycles. The third-order valence-electron chi connectivity index (χ3n) is 3.98. The molecule has 1 heterocycles. The van der Waals surface area contributed by atoms with Gasteiger partial charge in [0, 0.05) is 25.0 Å². The normalized spacial score (nSPS) is 15.0. The lowest BCUT2D eigenvalue weighted by Crippen LogP contribution is -2.31. The summed E-state index contributed by atoms with van der Waals surface area (Å²) in [6.07, 6.45) is 2.44. The zero-order valence-electron chi connectivity index (χ0n) is 12.3. The first-order chi connectivity index (χ1) is 10.2. The maximum Gasteiger partial charge on any atom is 0.317 e. The van der Waals surface area contributed by atoms with Gasteiger partial charge >= 0.3 is 5.97 Å². The van der Waals surface area contributed by atoms with Crippen molar-refractivity contribution < 1.29 is 9.90 Å². The van der Waals surface area contributed by atoms with Gasteiger partial charge in [0.25, 0.3) is 0 Å². The van der Waals surface area contributed by atoms with Crippen LogP contribution in [0, 0.1) is 5.92 Å². The van der Waals surface area contributed by atoms with Gasteiger partial charge in [-0.05, 0) is 31.7 Å². The van der Waals surface area contributed by atoms with Crippen LogP contribution in [0.5, 0.6) is 0 Å². The largest absolute Gasteiger partial charge is 0.480 e. The van der Waals surface area contributed by atoms with Gasteiger partial charge in [-0.15, -0.1) is 0 Å². The Morgan fingerprint density at radius 2 is 2.19 bits per heavy atom. The predicted molar refractivity (Wildman–Crippen MR) is 81.0 cm³/mol. The molecule has 1 N–H and O–H groups in total. The van der Waals surface area contributed by atoms with Crippen molar-refractivity contribution in [3.63, 3.8) is 0 Å². The molecule has 1 aromatic heterocycles. The molecule has 0 radical (unpaired) electrons. The van der Waals surface area contributed by atoms with Crippen LogP contribution in [0.2, 0.25) is 0 Å². The molecule has 0 amide bonds. The quantitative estimate of drug-likeness (QED) is 0.849. The van der Waals surface area contributed by atoms with Gasteiger partial charge in [-0.3, -0.25) is 14.4 Å². The Kier molecular flexibility index (Phi) is 3.92. The van der Waals surface area contributed by atoms with Crippen LogP contribution >= 0.6 is 0 Å². The third-order valence-corrected chi connectivity index (χ3v) is 3.98. The van der Waals surface area contributed by atoms with Crippen molar-refractivity contribution in [1.82, 2.24) is 14.7 Å². The molecule has 1 fully saturated rings. The van der Waals surface area contributed by atoms with Crippen LogP contribution in [-0.4, -0.2) is 38.8 Å². The van der Waals surface area contributed by atoms with E-state index in [1.807, 2.05) is 21.7 Å². The molecule has 1 aromatic carbocycles. The van der Waals surface area contributed by atoms with E-state index in [0.29, 0.717) is 12.5 Å². The number of nitrogens with zero attached hydrogens (tertiary/aromatic N) is 3. The molecule has 1 saturated carbocycles. The van der Waals surface area contributed by atoms with Gasteiger partial charge in [-0.2, -0.15) is 5.10 Å². The molecule has 1 aliphatic carbocycles. The molecule has 112 valence electrons. The van der Waals surface area contributed by atoms with Crippen molar-refractivity contribution >= 4 is 16.9 Å². The first-order valence-corrected chi connectivity index (χ1v) is 7.56. The van der Waals surface area contributed by atoms with Crippen molar-refractivity contribution in [3.05, 3.63) is 30.0 Å². The summed E-state index contributed by atoms with van der Waals surface area (Å²) in [6, 6.07) is 8.16. The molecule has 0 spiro atoms. The summed E-state index contributed by atoms with van der Waals surface area (Å²) < 4.78 is 1.99. The smallest absolute Gasteiger partial charge is 0.317 e. The third kappa shape index (κ3) is 3.24. The Morgan fingerprint density at radius 3 is 2.86 bits per heavy atom. The highest BCUT2D eigenvalue weighted by Crippen LogP contribution is 2.30. The van der Waals surface area contributed by atoms with Crippen molar-refractivity contribution in [2.45, 2.75) is 32.9 Å². The Morgan fingerprint density at radius 1 is 1.43 bits per heavy atom. The van der Waals surface area contributed by atoms with Gasteiger partial charge in [0.1, 0.15) is 0 Å². The number of aryl methyl sites for hydroxylation is 1. The molecule has 0 bridgehead atoms. The number of fused-ring (bicyclic) bond motifs is 1. The van der Waals surface area contributed by atoms with Crippen molar-refractivity contribution in [1.29, 1.82) is 0 Å². The summed E-state index contributed by atoms with van der Waals surface area (Å²) in [5, 5.41) is 14.9. The van der Waals surface area contributed by atoms with E-state index in [9.17, 15) is 4.79 Å². The topological polar surface area (TPSA) is 58.4 Å². The number of hydrogen-bond acceptors (Lipinski definition) is 3. The minimum Gasteiger partial charge on any atom is -0.480 e. The minimum absolute atomic E-state index is 0.0871. The van der Waals surface area contributed by atoms with Gasteiger partial charge in [-0.25, -0.2) is 0 Å². The van der Waals surface area contributed by atoms with Gasteiger partial charge in [0.15, 0.2) is 0 Å². The lowest BCUT2D eigenvalue weighted by atomic mass is 10.2. The van der Waals surface area contributed by atoms with E-state index >= 15 is 0 Å². The summed E-state index contributed by atoms with van der Waals surface area (Å²) in [4.78, 5) is 13.1. The van der Waals surface area contributed by atoms with E-state index in [0.717, 1.165) is 29.7 Å². The molecule has 5 heteroatoms. The molecule has 2 aromatic rings. The maximum atomic E-state index is 11.1. The second-order valence-electron chi connectivity index (χ2n) is 5.79. The Labute approximate surface area is 124 Å². The monoisotopic (exact) mass is 287 g/mol. The maximum absolute atomic E-state index is 11.1. The average molecular weight is 287 g/mol. The van der Waals surface area contributed by atoms with Crippen molar-refractivity contribution in [2.75, 3.05) is 13.1 Å². The zero-order chi connectivity index (χ0) is 14.8. The van der Waals surface area contributed by atoms with Gasteiger partial charge in [0.2, 0.25) is 0 Å². The molecule has 0 atom stereocenters. The summed E-state index contributed by atoms with van der Waals surface area (Å²) in [5.41, 5.74) is 2.10. The van der Waals surface area contributed by atoms with E-state index in [1.54, 1.807) is 0 Å².